The first-order valence-electron chi connectivity index (χ1n) is 5.73. The Morgan fingerprint density at radius 3 is 2.75 bits per heavy atom. The van der Waals surface area contributed by atoms with E-state index >= 15 is 0 Å². The Labute approximate surface area is 95.8 Å². The topological polar surface area (TPSA) is 21.3 Å². The minimum atomic E-state index is -1.36. The Balaban J connectivity index is 2.19. The van der Waals surface area contributed by atoms with E-state index < -0.39 is 5.67 Å². The quantitative estimate of drug-likeness (QED) is 0.850. The second kappa shape index (κ2) is 4.42. The molecule has 1 aromatic rings. The molecule has 1 aliphatic rings. The molecular formula is C13H18FNO. The summed E-state index contributed by atoms with van der Waals surface area (Å²) in [6, 6.07) is 7.36. The van der Waals surface area contributed by atoms with E-state index in [0.717, 1.165) is 19.5 Å². The van der Waals surface area contributed by atoms with E-state index in [2.05, 4.69) is 5.32 Å². The first kappa shape index (κ1) is 11.4. The summed E-state index contributed by atoms with van der Waals surface area (Å²) >= 11 is 0. The molecule has 1 fully saturated rings. The van der Waals surface area contributed by atoms with Crippen LogP contribution in [0.2, 0.25) is 0 Å². The van der Waals surface area contributed by atoms with Crippen LogP contribution in [-0.4, -0.2) is 19.2 Å². The largest absolute Gasteiger partial charge is 0.489 e. The van der Waals surface area contributed by atoms with Crippen molar-refractivity contribution >= 4 is 0 Å². The SMILES string of the molecule is CC(C)(F)c1ccccc1OC1CCNC1. The van der Waals surface area contributed by atoms with Crippen molar-refractivity contribution in [2.45, 2.75) is 32.0 Å². The lowest BCUT2D eigenvalue weighted by Crippen LogP contribution is -2.21. The molecule has 0 bridgehead atoms. The summed E-state index contributed by atoms with van der Waals surface area (Å²) in [5.74, 6) is 0.670. The fourth-order valence-electron chi connectivity index (χ4n) is 1.97. The van der Waals surface area contributed by atoms with Crippen LogP contribution in [0.5, 0.6) is 5.75 Å². The number of alkyl halides is 1. The summed E-state index contributed by atoms with van der Waals surface area (Å²) in [6.07, 6.45) is 1.16. The first-order chi connectivity index (χ1) is 7.57. The predicted molar refractivity (Wildman–Crippen MR) is 62.5 cm³/mol. The van der Waals surface area contributed by atoms with Crippen molar-refractivity contribution in [3.05, 3.63) is 29.8 Å². The summed E-state index contributed by atoms with van der Waals surface area (Å²) in [7, 11) is 0. The van der Waals surface area contributed by atoms with Gasteiger partial charge < -0.3 is 10.1 Å². The third-order valence-electron chi connectivity index (χ3n) is 2.84. The smallest absolute Gasteiger partial charge is 0.134 e. The van der Waals surface area contributed by atoms with Crippen LogP contribution in [0.15, 0.2) is 24.3 Å². The zero-order valence-corrected chi connectivity index (χ0v) is 9.79. The maximum atomic E-state index is 14.0. The van der Waals surface area contributed by atoms with Gasteiger partial charge in [-0.25, -0.2) is 4.39 Å². The average Bonchev–Trinajstić information content (AvgIpc) is 2.70. The van der Waals surface area contributed by atoms with Crippen molar-refractivity contribution in [2.75, 3.05) is 13.1 Å². The molecule has 2 nitrogen and oxygen atoms in total. The summed E-state index contributed by atoms with van der Waals surface area (Å²) in [5.41, 5.74) is -0.732. The fourth-order valence-corrected chi connectivity index (χ4v) is 1.97. The third-order valence-corrected chi connectivity index (χ3v) is 2.84. The Bertz CT molecular complexity index is 353. The number of hydrogen-bond donors (Lipinski definition) is 1. The van der Waals surface area contributed by atoms with E-state index in [1.807, 2.05) is 18.2 Å². The van der Waals surface area contributed by atoms with Crippen molar-refractivity contribution in [3.63, 3.8) is 0 Å². The molecule has 88 valence electrons. The molecule has 1 N–H and O–H groups in total. The molecule has 1 aromatic carbocycles. The van der Waals surface area contributed by atoms with Crippen LogP contribution in [0.3, 0.4) is 0 Å². The maximum absolute atomic E-state index is 14.0. The Morgan fingerprint density at radius 2 is 2.12 bits per heavy atom. The molecule has 1 saturated heterocycles. The van der Waals surface area contributed by atoms with Crippen molar-refractivity contribution in [2.24, 2.45) is 0 Å². The summed E-state index contributed by atoms with van der Waals surface area (Å²) in [4.78, 5) is 0. The van der Waals surface area contributed by atoms with Crippen LogP contribution >= 0.6 is 0 Å². The normalized spacial score (nSPS) is 21.1. The van der Waals surface area contributed by atoms with Crippen molar-refractivity contribution in [3.8, 4) is 5.75 Å². The molecule has 1 heterocycles. The standard InChI is InChI=1S/C13H18FNO/c1-13(2,14)11-5-3-4-6-12(11)16-10-7-8-15-9-10/h3-6,10,15H,7-9H2,1-2H3. The second-order valence-electron chi connectivity index (χ2n) is 4.70. The number of para-hydroxylation sites is 1. The molecule has 0 saturated carbocycles. The number of benzene rings is 1. The van der Waals surface area contributed by atoms with E-state index in [1.54, 1.807) is 19.9 Å². The molecule has 0 aliphatic carbocycles. The van der Waals surface area contributed by atoms with Crippen LogP contribution < -0.4 is 10.1 Å². The summed E-state index contributed by atoms with van der Waals surface area (Å²) < 4.78 is 19.8. The minimum Gasteiger partial charge on any atom is -0.489 e. The van der Waals surface area contributed by atoms with Gasteiger partial charge in [0.25, 0.3) is 0 Å². The molecule has 1 atom stereocenters. The molecule has 16 heavy (non-hydrogen) atoms. The highest BCUT2D eigenvalue weighted by molar-refractivity contribution is 5.37. The van der Waals surface area contributed by atoms with Gasteiger partial charge in [0.1, 0.15) is 17.5 Å². The zero-order valence-electron chi connectivity index (χ0n) is 9.79. The van der Waals surface area contributed by atoms with Gasteiger partial charge in [0, 0.05) is 12.1 Å². The zero-order chi connectivity index (χ0) is 11.6. The van der Waals surface area contributed by atoms with E-state index in [0.29, 0.717) is 11.3 Å². The second-order valence-corrected chi connectivity index (χ2v) is 4.70. The van der Waals surface area contributed by atoms with Gasteiger partial charge in [-0.15, -0.1) is 0 Å². The Kier molecular flexibility index (Phi) is 3.15. The van der Waals surface area contributed by atoms with Crippen molar-refractivity contribution in [1.82, 2.24) is 5.32 Å². The van der Waals surface area contributed by atoms with Crippen LogP contribution in [0.25, 0.3) is 0 Å². The van der Waals surface area contributed by atoms with Gasteiger partial charge in [-0.3, -0.25) is 0 Å². The van der Waals surface area contributed by atoms with E-state index in [-0.39, 0.29) is 6.10 Å². The Morgan fingerprint density at radius 1 is 1.38 bits per heavy atom. The monoisotopic (exact) mass is 223 g/mol. The lowest BCUT2D eigenvalue weighted by Gasteiger charge is -2.21. The van der Waals surface area contributed by atoms with Crippen molar-refractivity contribution in [1.29, 1.82) is 0 Å². The molecule has 0 aromatic heterocycles. The van der Waals surface area contributed by atoms with Gasteiger partial charge in [0.15, 0.2) is 0 Å². The highest BCUT2D eigenvalue weighted by Gasteiger charge is 2.25. The van der Waals surface area contributed by atoms with Crippen LogP contribution in [0.4, 0.5) is 4.39 Å². The van der Waals surface area contributed by atoms with Gasteiger partial charge >= 0.3 is 0 Å². The fraction of sp³-hybridized carbons (Fsp3) is 0.538. The van der Waals surface area contributed by atoms with Crippen molar-refractivity contribution < 1.29 is 9.13 Å². The molecule has 2 rings (SSSR count). The minimum absolute atomic E-state index is 0.170. The molecule has 0 spiro atoms. The number of nitrogens with one attached hydrogen (secondary N) is 1. The van der Waals surface area contributed by atoms with Gasteiger partial charge in [-0.05, 0) is 32.9 Å². The molecule has 1 aliphatic heterocycles. The molecule has 0 amide bonds. The number of rotatable bonds is 3. The number of halogens is 1. The molecule has 1 unspecified atom stereocenters. The first-order valence-corrected chi connectivity index (χ1v) is 5.73. The maximum Gasteiger partial charge on any atom is 0.134 e. The highest BCUT2D eigenvalue weighted by Crippen LogP contribution is 2.33. The van der Waals surface area contributed by atoms with Crippen LogP contribution in [0.1, 0.15) is 25.8 Å². The van der Waals surface area contributed by atoms with Gasteiger partial charge in [0.2, 0.25) is 0 Å². The number of hydrogen-bond acceptors (Lipinski definition) is 2. The molecule has 3 heteroatoms. The highest BCUT2D eigenvalue weighted by atomic mass is 19.1. The van der Waals surface area contributed by atoms with E-state index in [1.165, 1.54) is 0 Å². The predicted octanol–water partition coefficient (Wildman–Crippen LogP) is 2.63. The number of ether oxygens (including phenoxy) is 1. The lowest BCUT2D eigenvalue weighted by atomic mass is 9.99. The van der Waals surface area contributed by atoms with Gasteiger partial charge in [0.05, 0.1) is 0 Å². The van der Waals surface area contributed by atoms with E-state index in [9.17, 15) is 4.39 Å². The van der Waals surface area contributed by atoms with Gasteiger partial charge in [-0.2, -0.15) is 0 Å². The van der Waals surface area contributed by atoms with E-state index in [4.69, 9.17) is 4.74 Å². The van der Waals surface area contributed by atoms with Crippen LogP contribution in [0, 0.1) is 0 Å². The average molecular weight is 223 g/mol. The summed E-state index contributed by atoms with van der Waals surface area (Å²) in [5, 5.41) is 3.23. The molecule has 0 radical (unpaired) electrons. The Hall–Kier alpha value is -1.09. The third kappa shape index (κ3) is 2.53. The lowest BCUT2D eigenvalue weighted by molar-refractivity contribution is 0.186. The summed E-state index contributed by atoms with van der Waals surface area (Å²) in [6.45, 7) is 4.94. The van der Waals surface area contributed by atoms with Gasteiger partial charge in [-0.1, -0.05) is 18.2 Å². The molecular weight excluding hydrogens is 205 g/mol. The van der Waals surface area contributed by atoms with Crippen LogP contribution in [-0.2, 0) is 5.67 Å².